The predicted octanol–water partition coefficient (Wildman–Crippen LogP) is 2.45. The van der Waals surface area contributed by atoms with E-state index in [9.17, 15) is 14.7 Å². The van der Waals surface area contributed by atoms with Crippen LogP contribution in [-0.2, 0) is 4.79 Å². The number of carbonyl (C=O) groups excluding carboxylic acids is 2. The van der Waals surface area contributed by atoms with Crippen molar-refractivity contribution < 1.29 is 19.4 Å². The van der Waals surface area contributed by atoms with E-state index >= 15 is 0 Å². The van der Waals surface area contributed by atoms with Crippen LogP contribution >= 0.6 is 0 Å². The average Bonchev–Trinajstić information content (AvgIpc) is 2.68. The van der Waals surface area contributed by atoms with E-state index in [-0.39, 0.29) is 30.6 Å². The van der Waals surface area contributed by atoms with Gasteiger partial charge in [0.1, 0.15) is 11.5 Å². The fourth-order valence-corrected chi connectivity index (χ4v) is 3.03. The van der Waals surface area contributed by atoms with Crippen LogP contribution in [0.3, 0.4) is 0 Å². The van der Waals surface area contributed by atoms with Crippen molar-refractivity contribution in [3.8, 4) is 11.5 Å². The number of amides is 2. The summed E-state index contributed by atoms with van der Waals surface area (Å²) in [6.45, 7) is 4.37. The lowest BCUT2D eigenvalue weighted by Crippen LogP contribution is -2.50. The van der Waals surface area contributed by atoms with Gasteiger partial charge in [0.25, 0.3) is 5.91 Å². The van der Waals surface area contributed by atoms with Crippen molar-refractivity contribution in [1.82, 2.24) is 9.80 Å². The van der Waals surface area contributed by atoms with Crippen LogP contribution in [0.4, 0.5) is 0 Å². The minimum absolute atomic E-state index is 0.00863. The molecule has 1 heterocycles. The summed E-state index contributed by atoms with van der Waals surface area (Å²) >= 11 is 0. The highest BCUT2D eigenvalue weighted by Gasteiger charge is 2.24. The smallest absolute Gasteiger partial charge is 0.253 e. The molecule has 1 fully saturated rings. The first kappa shape index (κ1) is 18.8. The molecule has 0 spiro atoms. The van der Waals surface area contributed by atoms with Gasteiger partial charge in [-0.2, -0.15) is 0 Å². The van der Waals surface area contributed by atoms with Crippen molar-refractivity contribution in [2.24, 2.45) is 0 Å². The molecule has 0 aliphatic carbocycles. The van der Waals surface area contributed by atoms with Crippen LogP contribution in [-0.4, -0.2) is 59.5 Å². The number of piperazine rings is 1. The monoisotopic (exact) mass is 368 g/mol. The number of aromatic hydroxyl groups is 1. The zero-order valence-electron chi connectivity index (χ0n) is 15.4. The highest BCUT2D eigenvalue weighted by atomic mass is 16.5. The van der Waals surface area contributed by atoms with Crippen LogP contribution in [0.25, 0.3) is 0 Å². The first-order chi connectivity index (χ1) is 13.0. The second kappa shape index (κ2) is 8.58. The number of ether oxygens (including phenoxy) is 1. The summed E-state index contributed by atoms with van der Waals surface area (Å²) in [4.78, 5) is 28.4. The van der Waals surface area contributed by atoms with Gasteiger partial charge in [0, 0.05) is 37.8 Å². The standard InChI is InChI=1S/C21H24N2O4/c1-16-5-7-17(8-6-16)21(26)23-12-10-22(11-13-23)20(25)9-14-27-19-4-2-3-18(24)15-19/h2-8,15,24H,9-14H2,1H3. The van der Waals surface area contributed by atoms with E-state index < -0.39 is 0 Å². The fraction of sp³-hybridized carbons (Fsp3) is 0.333. The van der Waals surface area contributed by atoms with Crippen molar-refractivity contribution in [2.45, 2.75) is 13.3 Å². The molecule has 3 rings (SSSR count). The number of phenols is 1. The first-order valence-corrected chi connectivity index (χ1v) is 9.08. The summed E-state index contributed by atoms with van der Waals surface area (Å²) in [6.07, 6.45) is 0.265. The van der Waals surface area contributed by atoms with Gasteiger partial charge >= 0.3 is 0 Å². The highest BCUT2D eigenvalue weighted by molar-refractivity contribution is 5.94. The number of aryl methyl sites for hydroxylation is 1. The summed E-state index contributed by atoms with van der Waals surface area (Å²) < 4.78 is 5.50. The SMILES string of the molecule is Cc1ccc(C(=O)N2CCN(C(=O)CCOc3cccc(O)c3)CC2)cc1. The zero-order chi connectivity index (χ0) is 19.2. The maximum Gasteiger partial charge on any atom is 0.253 e. The maximum absolute atomic E-state index is 12.5. The quantitative estimate of drug-likeness (QED) is 0.880. The average molecular weight is 368 g/mol. The summed E-state index contributed by atoms with van der Waals surface area (Å²) in [5.74, 6) is 0.691. The zero-order valence-corrected chi connectivity index (χ0v) is 15.4. The van der Waals surface area contributed by atoms with Gasteiger partial charge in [-0.25, -0.2) is 0 Å². The Balaban J connectivity index is 1.43. The summed E-state index contributed by atoms with van der Waals surface area (Å²) in [6, 6.07) is 14.0. The fourth-order valence-electron chi connectivity index (χ4n) is 3.03. The number of rotatable bonds is 5. The second-order valence-electron chi connectivity index (χ2n) is 6.63. The van der Waals surface area contributed by atoms with Gasteiger partial charge in [-0.1, -0.05) is 23.8 Å². The number of benzene rings is 2. The molecule has 27 heavy (non-hydrogen) atoms. The molecular weight excluding hydrogens is 344 g/mol. The van der Waals surface area contributed by atoms with Crippen molar-refractivity contribution in [3.05, 3.63) is 59.7 Å². The van der Waals surface area contributed by atoms with Crippen molar-refractivity contribution in [1.29, 1.82) is 0 Å². The summed E-state index contributed by atoms with van der Waals surface area (Å²) in [5, 5.41) is 9.40. The highest BCUT2D eigenvalue weighted by Crippen LogP contribution is 2.18. The lowest BCUT2D eigenvalue weighted by molar-refractivity contribution is -0.133. The van der Waals surface area contributed by atoms with E-state index in [4.69, 9.17) is 4.74 Å². The van der Waals surface area contributed by atoms with Crippen LogP contribution in [0.15, 0.2) is 48.5 Å². The number of hydrogen-bond donors (Lipinski definition) is 1. The number of hydrogen-bond acceptors (Lipinski definition) is 4. The third-order valence-electron chi connectivity index (χ3n) is 4.62. The molecule has 0 unspecified atom stereocenters. The normalized spacial score (nSPS) is 14.1. The van der Waals surface area contributed by atoms with Crippen LogP contribution in [0, 0.1) is 6.92 Å². The van der Waals surface area contributed by atoms with E-state index in [0.717, 1.165) is 5.56 Å². The van der Waals surface area contributed by atoms with Crippen molar-refractivity contribution >= 4 is 11.8 Å². The Labute approximate surface area is 159 Å². The number of nitrogens with zero attached hydrogens (tertiary/aromatic N) is 2. The van der Waals surface area contributed by atoms with Gasteiger partial charge in [-0.15, -0.1) is 0 Å². The van der Waals surface area contributed by atoms with Gasteiger partial charge in [0.15, 0.2) is 0 Å². The third-order valence-corrected chi connectivity index (χ3v) is 4.62. The lowest BCUT2D eigenvalue weighted by atomic mass is 10.1. The van der Waals surface area contributed by atoms with E-state index in [1.165, 1.54) is 6.07 Å². The molecule has 0 aromatic heterocycles. The Morgan fingerprint density at radius 2 is 1.67 bits per heavy atom. The molecule has 6 heteroatoms. The minimum Gasteiger partial charge on any atom is -0.508 e. The summed E-state index contributed by atoms with van der Waals surface area (Å²) in [5.41, 5.74) is 1.80. The van der Waals surface area contributed by atoms with Crippen LogP contribution in [0.2, 0.25) is 0 Å². The Hall–Kier alpha value is -3.02. The molecule has 0 atom stereocenters. The summed E-state index contributed by atoms with van der Waals surface area (Å²) in [7, 11) is 0. The molecule has 2 aromatic rings. The largest absolute Gasteiger partial charge is 0.508 e. The molecule has 1 aliphatic rings. The Bertz CT molecular complexity index is 796. The molecule has 1 aliphatic heterocycles. The molecule has 6 nitrogen and oxygen atoms in total. The number of phenolic OH excluding ortho intramolecular Hbond substituents is 1. The molecule has 0 saturated carbocycles. The van der Waals surface area contributed by atoms with E-state index in [1.807, 2.05) is 31.2 Å². The van der Waals surface area contributed by atoms with E-state index in [1.54, 1.807) is 28.0 Å². The van der Waals surface area contributed by atoms with Gasteiger partial charge in [0.05, 0.1) is 13.0 Å². The molecule has 2 amide bonds. The van der Waals surface area contributed by atoms with Gasteiger partial charge < -0.3 is 19.6 Å². The first-order valence-electron chi connectivity index (χ1n) is 9.08. The van der Waals surface area contributed by atoms with E-state index in [0.29, 0.717) is 37.5 Å². The Morgan fingerprint density at radius 1 is 1.00 bits per heavy atom. The van der Waals surface area contributed by atoms with Crippen LogP contribution < -0.4 is 4.74 Å². The van der Waals surface area contributed by atoms with Crippen LogP contribution in [0.5, 0.6) is 11.5 Å². The Morgan fingerprint density at radius 3 is 2.33 bits per heavy atom. The third kappa shape index (κ3) is 5.00. The molecular formula is C21H24N2O4. The predicted molar refractivity (Wildman–Crippen MR) is 102 cm³/mol. The number of carbonyl (C=O) groups is 2. The van der Waals surface area contributed by atoms with Crippen LogP contribution in [0.1, 0.15) is 22.3 Å². The lowest BCUT2D eigenvalue weighted by Gasteiger charge is -2.35. The molecule has 0 radical (unpaired) electrons. The van der Waals surface area contributed by atoms with Crippen molar-refractivity contribution in [2.75, 3.05) is 32.8 Å². The Kier molecular flexibility index (Phi) is 5.96. The molecule has 142 valence electrons. The van der Waals surface area contributed by atoms with E-state index in [2.05, 4.69) is 0 Å². The minimum atomic E-state index is 0.00863. The molecule has 2 aromatic carbocycles. The van der Waals surface area contributed by atoms with Gasteiger partial charge in [-0.3, -0.25) is 9.59 Å². The van der Waals surface area contributed by atoms with Crippen molar-refractivity contribution in [3.63, 3.8) is 0 Å². The second-order valence-corrected chi connectivity index (χ2v) is 6.63. The topological polar surface area (TPSA) is 70.1 Å². The van der Waals surface area contributed by atoms with Gasteiger partial charge in [-0.05, 0) is 31.2 Å². The molecule has 1 saturated heterocycles. The van der Waals surface area contributed by atoms with Gasteiger partial charge in [0.2, 0.25) is 5.91 Å². The molecule has 0 bridgehead atoms. The maximum atomic E-state index is 12.5. The molecule has 1 N–H and O–H groups in total.